The highest BCUT2D eigenvalue weighted by atomic mass is 16.4. The molecule has 1 heterocycles. The van der Waals surface area contributed by atoms with Crippen LogP contribution in [0.15, 0.2) is 0 Å². The van der Waals surface area contributed by atoms with Crippen molar-refractivity contribution in [2.24, 2.45) is 5.73 Å². The fourth-order valence-electron chi connectivity index (χ4n) is 1.43. The molecule has 2 amide bonds. The van der Waals surface area contributed by atoms with Gasteiger partial charge >= 0.3 is 6.09 Å². The molecule has 0 bridgehead atoms. The van der Waals surface area contributed by atoms with Crippen LogP contribution in [0, 0.1) is 0 Å². The number of piperazine rings is 1. The van der Waals surface area contributed by atoms with E-state index < -0.39 is 18.7 Å². The predicted molar refractivity (Wildman–Crippen MR) is 51.2 cm³/mol. The van der Waals surface area contributed by atoms with E-state index >= 15 is 0 Å². The molecule has 0 spiro atoms. The Bertz CT molecular complexity index is 250. The molecule has 0 saturated carbocycles. The Kier molecular flexibility index (Phi) is 3.87. The lowest BCUT2D eigenvalue weighted by Gasteiger charge is -2.34. The van der Waals surface area contributed by atoms with Crippen LogP contribution in [-0.2, 0) is 4.79 Å². The van der Waals surface area contributed by atoms with Gasteiger partial charge in [-0.15, -0.1) is 0 Å². The van der Waals surface area contributed by atoms with Crippen LogP contribution >= 0.6 is 0 Å². The third kappa shape index (κ3) is 2.80. The van der Waals surface area contributed by atoms with E-state index in [2.05, 4.69) is 0 Å². The SMILES string of the molecule is NC(CO)C(=O)N1CCN(C(=O)O)CC1. The van der Waals surface area contributed by atoms with Gasteiger partial charge in [-0.1, -0.05) is 0 Å². The quantitative estimate of drug-likeness (QED) is 0.502. The molecule has 86 valence electrons. The van der Waals surface area contributed by atoms with Crippen LogP contribution < -0.4 is 5.73 Å². The van der Waals surface area contributed by atoms with Crippen molar-refractivity contribution in [3.63, 3.8) is 0 Å². The van der Waals surface area contributed by atoms with Crippen LogP contribution in [0.25, 0.3) is 0 Å². The van der Waals surface area contributed by atoms with E-state index in [-0.39, 0.29) is 5.91 Å². The molecule has 1 fully saturated rings. The minimum absolute atomic E-state index is 0.291. The number of nitrogens with zero attached hydrogens (tertiary/aromatic N) is 2. The molecule has 4 N–H and O–H groups in total. The van der Waals surface area contributed by atoms with Crippen molar-refractivity contribution in [3.05, 3.63) is 0 Å². The molecule has 1 saturated heterocycles. The Hall–Kier alpha value is -1.34. The number of carboxylic acid groups (broad SMARTS) is 1. The van der Waals surface area contributed by atoms with Gasteiger partial charge in [0.05, 0.1) is 6.61 Å². The van der Waals surface area contributed by atoms with Crippen molar-refractivity contribution in [1.29, 1.82) is 0 Å². The highest BCUT2D eigenvalue weighted by Crippen LogP contribution is 2.03. The Morgan fingerprint density at radius 3 is 2.07 bits per heavy atom. The first-order valence-corrected chi connectivity index (χ1v) is 4.69. The van der Waals surface area contributed by atoms with Crippen molar-refractivity contribution >= 4 is 12.0 Å². The van der Waals surface area contributed by atoms with Crippen molar-refractivity contribution in [3.8, 4) is 0 Å². The minimum atomic E-state index is -0.978. The number of amides is 2. The highest BCUT2D eigenvalue weighted by Gasteiger charge is 2.26. The third-order valence-electron chi connectivity index (χ3n) is 2.38. The van der Waals surface area contributed by atoms with Gasteiger partial charge in [0.1, 0.15) is 6.04 Å². The molecule has 7 nitrogen and oxygen atoms in total. The Morgan fingerprint density at radius 1 is 1.20 bits per heavy atom. The number of hydrogen-bond donors (Lipinski definition) is 3. The maximum absolute atomic E-state index is 11.5. The Morgan fingerprint density at radius 2 is 1.67 bits per heavy atom. The fourth-order valence-corrected chi connectivity index (χ4v) is 1.43. The van der Waals surface area contributed by atoms with Gasteiger partial charge in [-0.2, -0.15) is 0 Å². The summed E-state index contributed by atoms with van der Waals surface area (Å²) in [5, 5.41) is 17.4. The standard InChI is InChI=1S/C8H15N3O4/c9-6(5-12)7(13)10-1-3-11(4-2-10)8(14)15/h6,12H,1-5,9H2,(H,14,15). The average Bonchev–Trinajstić information content (AvgIpc) is 2.27. The minimum Gasteiger partial charge on any atom is -0.465 e. The number of aliphatic hydroxyl groups is 1. The first-order chi connectivity index (χ1) is 7.06. The second-order valence-electron chi connectivity index (χ2n) is 3.38. The van der Waals surface area contributed by atoms with Crippen molar-refractivity contribution < 1.29 is 19.8 Å². The van der Waals surface area contributed by atoms with E-state index in [1.54, 1.807) is 0 Å². The zero-order chi connectivity index (χ0) is 11.4. The fraction of sp³-hybridized carbons (Fsp3) is 0.750. The largest absolute Gasteiger partial charge is 0.465 e. The number of aliphatic hydroxyl groups excluding tert-OH is 1. The number of nitrogens with two attached hydrogens (primary N) is 1. The summed E-state index contributed by atoms with van der Waals surface area (Å²) in [6.45, 7) is 0.855. The average molecular weight is 217 g/mol. The summed E-state index contributed by atoms with van der Waals surface area (Å²) in [5.74, 6) is -0.331. The number of carbonyl (C=O) groups excluding carboxylic acids is 1. The molecule has 0 aromatic heterocycles. The Balaban J connectivity index is 2.43. The van der Waals surface area contributed by atoms with E-state index in [1.807, 2.05) is 0 Å². The Labute approximate surface area is 87.1 Å². The zero-order valence-electron chi connectivity index (χ0n) is 8.30. The summed E-state index contributed by atoms with van der Waals surface area (Å²) < 4.78 is 0. The van der Waals surface area contributed by atoms with Crippen LogP contribution in [0.2, 0.25) is 0 Å². The smallest absolute Gasteiger partial charge is 0.407 e. The van der Waals surface area contributed by atoms with Gasteiger partial charge in [0.2, 0.25) is 5.91 Å². The van der Waals surface area contributed by atoms with Crippen LogP contribution in [0.5, 0.6) is 0 Å². The van der Waals surface area contributed by atoms with Crippen LogP contribution in [0.1, 0.15) is 0 Å². The molecule has 1 unspecified atom stereocenters. The second kappa shape index (κ2) is 4.94. The normalized spacial score (nSPS) is 18.8. The second-order valence-corrected chi connectivity index (χ2v) is 3.38. The van der Waals surface area contributed by atoms with Crippen molar-refractivity contribution in [2.75, 3.05) is 32.8 Å². The van der Waals surface area contributed by atoms with Gasteiger partial charge in [-0.05, 0) is 0 Å². The molecule has 1 rings (SSSR count). The van der Waals surface area contributed by atoms with E-state index in [1.165, 1.54) is 9.80 Å². The molecule has 0 aromatic rings. The molecule has 0 radical (unpaired) electrons. The highest BCUT2D eigenvalue weighted by molar-refractivity contribution is 5.82. The van der Waals surface area contributed by atoms with E-state index in [0.717, 1.165) is 0 Å². The molecule has 1 aliphatic rings. The number of carbonyl (C=O) groups is 2. The zero-order valence-corrected chi connectivity index (χ0v) is 8.30. The summed E-state index contributed by atoms with van der Waals surface area (Å²) in [7, 11) is 0. The molecule has 7 heteroatoms. The molecule has 0 aromatic carbocycles. The summed E-state index contributed by atoms with van der Waals surface area (Å²) >= 11 is 0. The van der Waals surface area contributed by atoms with Gasteiger partial charge in [0.15, 0.2) is 0 Å². The molecule has 0 aliphatic carbocycles. The van der Waals surface area contributed by atoms with Gasteiger partial charge in [-0.25, -0.2) is 4.79 Å². The molecular weight excluding hydrogens is 202 g/mol. The van der Waals surface area contributed by atoms with Gasteiger partial charge in [-0.3, -0.25) is 4.79 Å². The third-order valence-corrected chi connectivity index (χ3v) is 2.38. The predicted octanol–water partition coefficient (Wildman–Crippen LogP) is -1.87. The lowest BCUT2D eigenvalue weighted by atomic mass is 10.2. The lowest BCUT2D eigenvalue weighted by molar-refractivity contribution is -0.135. The van der Waals surface area contributed by atoms with Gasteiger partial charge in [0.25, 0.3) is 0 Å². The van der Waals surface area contributed by atoms with Crippen molar-refractivity contribution in [1.82, 2.24) is 9.80 Å². The number of hydrogen-bond acceptors (Lipinski definition) is 4. The summed E-state index contributed by atoms with van der Waals surface area (Å²) in [4.78, 5) is 24.8. The monoisotopic (exact) mass is 217 g/mol. The van der Waals surface area contributed by atoms with Crippen LogP contribution in [0.4, 0.5) is 4.79 Å². The van der Waals surface area contributed by atoms with Crippen LogP contribution in [0.3, 0.4) is 0 Å². The first-order valence-electron chi connectivity index (χ1n) is 4.69. The molecular formula is C8H15N3O4. The summed E-state index contributed by atoms with van der Waals surface area (Å²) in [5.41, 5.74) is 5.37. The summed E-state index contributed by atoms with van der Waals surface area (Å²) in [6.07, 6.45) is -0.978. The van der Waals surface area contributed by atoms with Gasteiger partial charge in [0, 0.05) is 26.2 Å². The van der Waals surface area contributed by atoms with E-state index in [4.69, 9.17) is 15.9 Å². The lowest BCUT2D eigenvalue weighted by Crippen LogP contribution is -2.54. The van der Waals surface area contributed by atoms with E-state index in [0.29, 0.717) is 26.2 Å². The maximum Gasteiger partial charge on any atom is 0.407 e. The summed E-state index contributed by atoms with van der Waals surface area (Å²) in [6, 6.07) is -0.902. The maximum atomic E-state index is 11.5. The molecule has 15 heavy (non-hydrogen) atoms. The van der Waals surface area contributed by atoms with E-state index in [9.17, 15) is 9.59 Å². The first kappa shape index (κ1) is 11.7. The topological polar surface area (TPSA) is 107 Å². The number of rotatable bonds is 2. The molecule has 1 aliphatic heterocycles. The molecule has 1 atom stereocenters. The van der Waals surface area contributed by atoms with Gasteiger partial charge < -0.3 is 25.7 Å². The van der Waals surface area contributed by atoms with Crippen LogP contribution in [-0.4, -0.2) is 70.8 Å². The van der Waals surface area contributed by atoms with Crippen molar-refractivity contribution in [2.45, 2.75) is 6.04 Å².